The lowest BCUT2D eigenvalue weighted by Gasteiger charge is -2.00. The summed E-state index contributed by atoms with van der Waals surface area (Å²) in [5.74, 6) is 0.281. The van der Waals surface area contributed by atoms with Crippen molar-refractivity contribution in [2.45, 2.75) is 20.8 Å². The topological polar surface area (TPSA) is 49.9 Å². The summed E-state index contributed by atoms with van der Waals surface area (Å²) < 4.78 is 0. The highest BCUT2D eigenvalue weighted by molar-refractivity contribution is 5.94. The molecule has 52 valence electrons. The minimum Gasteiger partial charge on any atom is -0.402 e. The minimum atomic E-state index is 0.281. The van der Waals surface area contributed by atoms with Crippen LogP contribution in [-0.4, -0.2) is 5.71 Å². The molecule has 0 amide bonds. The van der Waals surface area contributed by atoms with Crippen molar-refractivity contribution in [3.8, 4) is 0 Å². The molecule has 0 aliphatic rings. The van der Waals surface area contributed by atoms with Crippen molar-refractivity contribution in [1.29, 1.82) is 5.41 Å². The summed E-state index contributed by atoms with van der Waals surface area (Å²) in [6, 6.07) is 0. The van der Waals surface area contributed by atoms with Gasteiger partial charge in [0.1, 0.15) is 0 Å². The summed E-state index contributed by atoms with van der Waals surface area (Å²) in [6.07, 6.45) is 1.69. The lowest BCUT2D eigenvalue weighted by molar-refractivity contribution is 0.880. The molecular formula is C7H14N2. The third-order valence-electron chi connectivity index (χ3n) is 1.01. The standard InChI is InChI=1S/C7H14N2/c1-5(2)7(9)4-6(3)8/h4-5,9H,8H2,1-3H3/b6-4+,9-7?. The van der Waals surface area contributed by atoms with Crippen molar-refractivity contribution in [3.63, 3.8) is 0 Å². The number of allylic oxidation sites excluding steroid dienone is 2. The molecule has 2 nitrogen and oxygen atoms in total. The van der Waals surface area contributed by atoms with Gasteiger partial charge in [-0.05, 0) is 18.9 Å². The van der Waals surface area contributed by atoms with Gasteiger partial charge in [-0.3, -0.25) is 0 Å². The Morgan fingerprint density at radius 1 is 1.56 bits per heavy atom. The van der Waals surface area contributed by atoms with E-state index in [0.717, 1.165) is 0 Å². The normalized spacial score (nSPS) is 12.2. The first kappa shape index (κ1) is 8.21. The van der Waals surface area contributed by atoms with Gasteiger partial charge in [-0.1, -0.05) is 13.8 Å². The number of hydrogen-bond donors (Lipinski definition) is 2. The highest BCUT2D eigenvalue weighted by Gasteiger charge is 1.96. The summed E-state index contributed by atoms with van der Waals surface area (Å²) >= 11 is 0. The first-order valence-electron chi connectivity index (χ1n) is 3.06. The van der Waals surface area contributed by atoms with Gasteiger partial charge >= 0.3 is 0 Å². The molecule has 0 aliphatic heterocycles. The molecule has 0 unspecified atom stereocenters. The van der Waals surface area contributed by atoms with Crippen LogP contribution in [0.3, 0.4) is 0 Å². The van der Waals surface area contributed by atoms with E-state index in [-0.39, 0.29) is 5.92 Å². The van der Waals surface area contributed by atoms with Gasteiger partial charge in [0.05, 0.1) is 0 Å². The van der Waals surface area contributed by atoms with Crippen LogP contribution in [0.5, 0.6) is 0 Å². The van der Waals surface area contributed by atoms with Crippen LogP contribution in [0.1, 0.15) is 20.8 Å². The molecule has 0 aromatic rings. The first-order chi connectivity index (χ1) is 4.04. The van der Waals surface area contributed by atoms with E-state index in [9.17, 15) is 0 Å². The van der Waals surface area contributed by atoms with Gasteiger partial charge in [-0.25, -0.2) is 0 Å². The fourth-order valence-corrected chi connectivity index (χ4v) is 0.412. The molecule has 0 heterocycles. The highest BCUT2D eigenvalue weighted by Crippen LogP contribution is 1.96. The lowest BCUT2D eigenvalue weighted by Crippen LogP contribution is -2.04. The van der Waals surface area contributed by atoms with Crippen LogP contribution in [-0.2, 0) is 0 Å². The van der Waals surface area contributed by atoms with Gasteiger partial charge in [0.15, 0.2) is 0 Å². The van der Waals surface area contributed by atoms with Gasteiger partial charge in [0, 0.05) is 11.4 Å². The Labute approximate surface area is 56.3 Å². The molecule has 0 atom stereocenters. The Morgan fingerprint density at radius 2 is 2.00 bits per heavy atom. The minimum absolute atomic E-state index is 0.281. The SMILES string of the molecule is C/C(N)=C\C(=N)C(C)C. The highest BCUT2D eigenvalue weighted by atomic mass is 14.6. The van der Waals surface area contributed by atoms with Crippen molar-refractivity contribution in [2.24, 2.45) is 11.7 Å². The Hall–Kier alpha value is -0.790. The number of rotatable bonds is 2. The van der Waals surface area contributed by atoms with Gasteiger partial charge < -0.3 is 11.1 Å². The zero-order valence-corrected chi connectivity index (χ0v) is 6.23. The third-order valence-corrected chi connectivity index (χ3v) is 1.01. The van der Waals surface area contributed by atoms with Crippen molar-refractivity contribution < 1.29 is 0 Å². The van der Waals surface area contributed by atoms with Crippen LogP contribution < -0.4 is 5.73 Å². The predicted octanol–water partition coefficient (Wildman–Crippen LogP) is 1.52. The average molecular weight is 126 g/mol. The molecule has 0 aromatic heterocycles. The Morgan fingerprint density at radius 3 is 2.11 bits per heavy atom. The predicted molar refractivity (Wildman–Crippen MR) is 40.5 cm³/mol. The monoisotopic (exact) mass is 126 g/mol. The Bertz CT molecular complexity index is 130. The molecular weight excluding hydrogens is 112 g/mol. The number of nitrogens with two attached hydrogens (primary N) is 1. The van der Waals surface area contributed by atoms with E-state index >= 15 is 0 Å². The van der Waals surface area contributed by atoms with Crippen LogP contribution in [0.4, 0.5) is 0 Å². The molecule has 0 fully saturated rings. The second-order valence-corrected chi connectivity index (χ2v) is 2.50. The lowest BCUT2D eigenvalue weighted by atomic mass is 10.1. The van der Waals surface area contributed by atoms with Crippen LogP contribution in [0, 0.1) is 11.3 Å². The van der Waals surface area contributed by atoms with Crippen LogP contribution in [0.15, 0.2) is 11.8 Å². The molecule has 0 aromatic carbocycles. The van der Waals surface area contributed by atoms with Crippen LogP contribution in [0.2, 0.25) is 0 Å². The molecule has 0 rings (SSSR count). The molecule has 0 bridgehead atoms. The van der Waals surface area contributed by atoms with E-state index in [2.05, 4.69) is 0 Å². The van der Waals surface area contributed by atoms with Gasteiger partial charge in [-0.2, -0.15) is 0 Å². The summed E-state index contributed by atoms with van der Waals surface area (Å²) in [6.45, 7) is 5.74. The van der Waals surface area contributed by atoms with E-state index in [1.54, 1.807) is 13.0 Å². The molecule has 0 spiro atoms. The maximum atomic E-state index is 7.32. The summed E-state index contributed by atoms with van der Waals surface area (Å²) in [7, 11) is 0. The first-order valence-corrected chi connectivity index (χ1v) is 3.06. The molecule has 9 heavy (non-hydrogen) atoms. The van der Waals surface area contributed by atoms with E-state index < -0.39 is 0 Å². The molecule has 0 saturated heterocycles. The number of nitrogens with one attached hydrogen (secondary N) is 1. The van der Waals surface area contributed by atoms with Crippen LogP contribution in [0.25, 0.3) is 0 Å². The third kappa shape index (κ3) is 3.76. The van der Waals surface area contributed by atoms with Crippen molar-refractivity contribution in [3.05, 3.63) is 11.8 Å². The molecule has 2 heteroatoms. The molecule has 3 N–H and O–H groups in total. The quantitative estimate of drug-likeness (QED) is 0.541. The van der Waals surface area contributed by atoms with E-state index in [1.165, 1.54) is 0 Å². The number of hydrogen-bond acceptors (Lipinski definition) is 2. The molecule has 0 saturated carbocycles. The summed E-state index contributed by atoms with van der Waals surface area (Å²) in [5.41, 5.74) is 6.65. The average Bonchev–Trinajstić information content (AvgIpc) is 1.63. The molecule has 0 radical (unpaired) electrons. The maximum Gasteiger partial charge on any atom is 0.0356 e. The Kier molecular flexibility index (Phi) is 2.99. The van der Waals surface area contributed by atoms with E-state index in [4.69, 9.17) is 11.1 Å². The van der Waals surface area contributed by atoms with Crippen molar-refractivity contribution >= 4 is 5.71 Å². The van der Waals surface area contributed by atoms with Gasteiger partial charge in [0.25, 0.3) is 0 Å². The fraction of sp³-hybridized carbons (Fsp3) is 0.571. The van der Waals surface area contributed by atoms with Crippen molar-refractivity contribution in [1.82, 2.24) is 0 Å². The molecule has 0 aliphatic carbocycles. The second-order valence-electron chi connectivity index (χ2n) is 2.50. The zero-order chi connectivity index (χ0) is 7.44. The van der Waals surface area contributed by atoms with E-state index in [1.807, 2.05) is 13.8 Å². The Balaban J connectivity index is 3.93. The van der Waals surface area contributed by atoms with E-state index in [0.29, 0.717) is 11.4 Å². The smallest absolute Gasteiger partial charge is 0.0356 e. The van der Waals surface area contributed by atoms with Gasteiger partial charge in [-0.15, -0.1) is 0 Å². The largest absolute Gasteiger partial charge is 0.402 e. The summed E-state index contributed by atoms with van der Waals surface area (Å²) in [5, 5.41) is 7.32. The zero-order valence-electron chi connectivity index (χ0n) is 6.23. The fourth-order valence-electron chi connectivity index (χ4n) is 0.412. The van der Waals surface area contributed by atoms with Crippen molar-refractivity contribution in [2.75, 3.05) is 0 Å². The van der Waals surface area contributed by atoms with Crippen LogP contribution >= 0.6 is 0 Å². The summed E-state index contributed by atoms with van der Waals surface area (Å²) in [4.78, 5) is 0. The maximum absolute atomic E-state index is 7.32. The van der Waals surface area contributed by atoms with Gasteiger partial charge in [0.2, 0.25) is 0 Å². The second kappa shape index (κ2) is 3.28.